The van der Waals surface area contributed by atoms with Gasteiger partial charge in [0.2, 0.25) is 0 Å². The fourth-order valence-corrected chi connectivity index (χ4v) is 3.26. The van der Waals surface area contributed by atoms with E-state index in [4.69, 9.17) is 0 Å². The molecule has 4 rings (SSSR count). The lowest BCUT2D eigenvalue weighted by Gasteiger charge is -2.07. The minimum Gasteiger partial charge on any atom is -0.381 e. The van der Waals surface area contributed by atoms with Crippen LogP contribution in [-0.4, -0.2) is 4.98 Å². The van der Waals surface area contributed by atoms with Crippen LogP contribution in [0.15, 0.2) is 60.1 Å². The van der Waals surface area contributed by atoms with Crippen LogP contribution in [0.5, 0.6) is 0 Å². The molecule has 0 saturated heterocycles. The quantitative estimate of drug-likeness (QED) is 0.542. The zero-order valence-electron chi connectivity index (χ0n) is 10.9. The maximum Gasteiger partial charge on any atom is 0.0457 e. The van der Waals surface area contributed by atoms with E-state index in [0.717, 1.165) is 6.54 Å². The molecule has 0 atom stereocenters. The Hall–Kier alpha value is -2.26. The number of H-pyrrole nitrogens is 1. The van der Waals surface area contributed by atoms with Gasteiger partial charge in [-0.3, -0.25) is 0 Å². The molecule has 4 aromatic rings. The van der Waals surface area contributed by atoms with Crippen LogP contribution in [0.1, 0.15) is 5.56 Å². The molecule has 0 bridgehead atoms. The average Bonchev–Trinajstić information content (AvgIpc) is 3.12. The van der Waals surface area contributed by atoms with E-state index in [1.54, 1.807) is 11.3 Å². The van der Waals surface area contributed by atoms with E-state index in [1.807, 2.05) is 6.20 Å². The zero-order valence-corrected chi connectivity index (χ0v) is 11.7. The predicted molar refractivity (Wildman–Crippen MR) is 87.5 cm³/mol. The van der Waals surface area contributed by atoms with Gasteiger partial charge in [-0.25, -0.2) is 0 Å². The average molecular weight is 278 g/mol. The van der Waals surface area contributed by atoms with Crippen LogP contribution in [0.3, 0.4) is 0 Å². The standard InChI is InChI=1S/C17H14N2S/c1-2-13-5-7-18-16(13)9-12(1)11-19-15-3-4-17-14(10-15)6-8-20-17/h1-10,18-19H,11H2. The fraction of sp³-hybridized carbons (Fsp3) is 0.0588. The Morgan fingerprint density at radius 1 is 0.950 bits per heavy atom. The minimum atomic E-state index is 0.838. The van der Waals surface area contributed by atoms with E-state index < -0.39 is 0 Å². The molecule has 2 nitrogen and oxygen atoms in total. The number of aromatic nitrogens is 1. The maximum absolute atomic E-state index is 3.49. The molecule has 0 aliphatic heterocycles. The van der Waals surface area contributed by atoms with Crippen LogP contribution < -0.4 is 5.32 Å². The largest absolute Gasteiger partial charge is 0.381 e. The van der Waals surface area contributed by atoms with Crippen molar-refractivity contribution in [3.63, 3.8) is 0 Å². The maximum atomic E-state index is 3.49. The summed E-state index contributed by atoms with van der Waals surface area (Å²) in [6.45, 7) is 0.838. The van der Waals surface area contributed by atoms with Gasteiger partial charge in [-0.1, -0.05) is 12.1 Å². The molecule has 0 saturated carbocycles. The summed E-state index contributed by atoms with van der Waals surface area (Å²) in [5, 5.41) is 8.19. The smallest absolute Gasteiger partial charge is 0.0457 e. The summed E-state index contributed by atoms with van der Waals surface area (Å²) in [7, 11) is 0. The first-order valence-electron chi connectivity index (χ1n) is 6.66. The first kappa shape index (κ1) is 11.6. The molecule has 0 amide bonds. The Balaban J connectivity index is 1.56. The van der Waals surface area contributed by atoms with Gasteiger partial charge in [-0.05, 0) is 58.1 Å². The van der Waals surface area contributed by atoms with E-state index in [1.165, 1.54) is 32.2 Å². The first-order valence-corrected chi connectivity index (χ1v) is 7.54. The van der Waals surface area contributed by atoms with Gasteiger partial charge in [-0.15, -0.1) is 11.3 Å². The van der Waals surface area contributed by atoms with Gasteiger partial charge in [0.25, 0.3) is 0 Å². The van der Waals surface area contributed by atoms with Crippen LogP contribution in [-0.2, 0) is 6.54 Å². The molecular weight excluding hydrogens is 264 g/mol. The molecule has 0 unspecified atom stereocenters. The molecule has 0 spiro atoms. The second kappa shape index (κ2) is 4.69. The number of aromatic amines is 1. The SMILES string of the molecule is c1cc2ccc(CNc3ccc4sccc4c3)cc2[nH]1. The summed E-state index contributed by atoms with van der Waals surface area (Å²) in [6.07, 6.45) is 1.98. The van der Waals surface area contributed by atoms with Crippen molar-refractivity contribution in [3.05, 3.63) is 65.7 Å². The highest BCUT2D eigenvalue weighted by molar-refractivity contribution is 7.17. The third-order valence-corrected chi connectivity index (χ3v) is 4.47. The lowest BCUT2D eigenvalue weighted by atomic mass is 10.1. The lowest BCUT2D eigenvalue weighted by molar-refractivity contribution is 1.16. The number of rotatable bonds is 3. The van der Waals surface area contributed by atoms with Crippen molar-refractivity contribution in [2.24, 2.45) is 0 Å². The van der Waals surface area contributed by atoms with Crippen molar-refractivity contribution in [3.8, 4) is 0 Å². The molecule has 2 N–H and O–H groups in total. The number of thiophene rings is 1. The van der Waals surface area contributed by atoms with E-state index in [9.17, 15) is 0 Å². The van der Waals surface area contributed by atoms with Crippen molar-refractivity contribution in [2.75, 3.05) is 5.32 Å². The Morgan fingerprint density at radius 2 is 1.95 bits per heavy atom. The second-order valence-electron chi connectivity index (χ2n) is 4.93. The fourth-order valence-electron chi connectivity index (χ4n) is 2.49. The van der Waals surface area contributed by atoms with Crippen molar-refractivity contribution < 1.29 is 0 Å². The van der Waals surface area contributed by atoms with Crippen molar-refractivity contribution >= 4 is 38.0 Å². The Labute approximate surface area is 121 Å². The summed E-state index contributed by atoms with van der Waals surface area (Å²) in [5.41, 5.74) is 3.64. The van der Waals surface area contributed by atoms with E-state index in [0.29, 0.717) is 0 Å². The van der Waals surface area contributed by atoms with Gasteiger partial charge >= 0.3 is 0 Å². The topological polar surface area (TPSA) is 27.8 Å². The van der Waals surface area contributed by atoms with Crippen LogP contribution in [0, 0.1) is 0 Å². The van der Waals surface area contributed by atoms with Gasteiger partial charge in [0.05, 0.1) is 0 Å². The number of anilines is 1. The normalized spacial score (nSPS) is 11.2. The van der Waals surface area contributed by atoms with Gasteiger partial charge in [-0.2, -0.15) is 0 Å². The van der Waals surface area contributed by atoms with Crippen LogP contribution in [0.2, 0.25) is 0 Å². The molecule has 0 aliphatic carbocycles. The van der Waals surface area contributed by atoms with Gasteiger partial charge in [0.15, 0.2) is 0 Å². The number of hydrogen-bond donors (Lipinski definition) is 2. The van der Waals surface area contributed by atoms with Crippen molar-refractivity contribution in [2.45, 2.75) is 6.54 Å². The summed E-state index contributed by atoms with van der Waals surface area (Å²) in [6, 6.07) is 17.3. The summed E-state index contributed by atoms with van der Waals surface area (Å²) in [4.78, 5) is 3.25. The Bertz CT molecular complexity index is 799. The monoisotopic (exact) mass is 278 g/mol. The highest BCUT2D eigenvalue weighted by Gasteiger charge is 2.00. The first-order chi connectivity index (χ1) is 9.88. The van der Waals surface area contributed by atoms with Crippen molar-refractivity contribution in [1.29, 1.82) is 0 Å². The molecule has 3 heteroatoms. The molecule has 0 fully saturated rings. The van der Waals surface area contributed by atoms with E-state index in [2.05, 4.69) is 64.2 Å². The zero-order chi connectivity index (χ0) is 13.4. The minimum absolute atomic E-state index is 0.838. The van der Waals surface area contributed by atoms with Crippen LogP contribution in [0.4, 0.5) is 5.69 Å². The number of fused-ring (bicyclic) bond motifs is 2. The second-order valence-corrected chi connectivity index (χ2v) is 5.87. The Morgan fingerprint density at radius 3 is 2.95 bits per heavy atom. The molecule has 2 heterocycles. The molecule has 98 valence electrons. The third kappa shape index (κ3) is 2.06. The summed E-state index contributed by atoms with van der Waals surface area (Å²) in [5.74, 6) is 0. The molecule has 0 aliphatic rings. The number of nitrogens with one attached hydrogen (secondary N) is 2. The van der Waals surface area contributed by atoms with E-state index in [-0.39, 0.29) is 0 Å². The van der Waals surface area contributed by atoms with Gasteiger partial charge in [0, 0.05) is 28.6 Å². The van der Waals surface area contributed by atoms with Crippen LogP contribution >= 0.6 is 11.3 Å². The highest BCUT2D eigenvalue weighted by atomic mass is 32.1. The van der Waals surface area contributed by atoms with Crippen LogP contribution in [0.25, 0.3) is 21.0 Å². The molecule has 0 radical (unpaired) electrons. The number of hydrogen-bond acceptors (Lipinski definition) is 2. The highest BCUT2D eigenvalue weighted by Crippen LogP contribution is 2.24. The molecule has 2 aromatic heterocycles. The van der Waals surface area contributed by atoms with Gasteiger partial charge < -0.3 is 10.3 Å². The van der Waals surface area contributed by atoms with E-state index >= 15 is 0 Å². The molecule has 20 heavy (non-hydrogen) atoms. The summed E-state index contributed by atoms with van der Waals surface area (Å²) >= 11 is 1.78. The number of benzene rings is 2. The summed E-state index contributed by atoms with van der Waals surface area (Å²) < 4.78 is 1.34. The third-order valence-electron chi connectivity index (χ3n) is 3.57. The predicted octanol–water partition coefficient (Wildman–Crippen LogP) is 4.99. The molecule has 2 aromatic carbocycles. The van der Waals surface area contributed by atoms with Crippen molar-refractivity contribution in [1.82, 2.24) is 4.98 Å². The lowest BCUT2D eigenvalue weighted by Crippen LogP contribution is -1.98. The molecular formula is C17H14N2S. The Kier molecular flexibility index (Phi) is 2.71. The van der Waals surface area contributed by atoms with Gasteiger partial charge in [0.1, 0.15) is 0 Å².